The van der Waals surface area contributed by atoms with Crippen LogP contribution in [0.25, 0.3) is 0 Å². The van der Waals surface area contributed by atoms with Gasteiger partial charge in [0.1, 0.15) is 5.78 Å². The molecule has 0 aromatic rings. The number of aliphatic hydroxyl groups excluding tert-OH is 1. The van der Waals surface area contributed by atoms with Gasteiger partial charge in [0.2, 0.25) is 0 Å². The predicted molar refractivity (Wildman–Crippen MR) is 53.2 cm³/mol. The third kappa shape index (κ3) is 7.55. The summed E-state index contributed by atoms with van der Waals surface area (Å²) in [6.45, 7) is 1.80. The molecule has 0 heterocycles. The van der Waals surface area contributed by atoms with E-state index in [0.29, 0.717) is 6.42 Å². The van der Waals surface area contributed by atoms with Crippen LogP contribution in [0.3, 0.4) is 0 Å². The van der Waals surface area contributed by atoms with E-state index in [4.69, 9.17) is 11.5 Å². The smallest absolute Gasteiger partial charge is 0.129 e. The van der Waals surface area contributed by atoms with Crippen molar-refractivity contribution in [3.05, 3.63) is 0 Å². The standard InChI is InChI=1S/C11H18O2/c1-3-11(8-5-9-12)7-4-6-10(2)13/h1,11-12H,4-9H2,2H3. The highest BCUT2D eigenvalue weighted by atomic mass is 16.2. The zero-order valence-corrected chi connectivity index (χ0v) is 8.25. The summed E-state index contributed by atoms with van der Waals surface area (Å²) >= 11 is 0. The zero-order chi connectivity index (χ0) is 10.1. The Morgan fingerprint density at radius 2 is 2.08 bits per heavy atom. The Balaban J connectivity index is 3.49. The number of hydrogen-bond donors (Lipinski definition) is 1. The lowest BCUT2D eigenvalue weighted by molar-refractivity contribution is -0.117. The Morgan fingerprint density at radius 3 is 2.54 bits per heavy atom. The number of carbonyl (C=O) groups excluding carboxylic acids is 1. The van der Waals surface area contributed by atoms with Crippen molar-refractivity contribution in [2.45, 2.75) is 39.0 Å². The summed E-state index contributed by atoms with van der Waals surface area (Å²) in [4.78, 5) is 10.6. The van der Waals surface area contributed by atoms with Gasteiger partial charge in [0.05, 0.1) is 0 Å². The van der Waals surface area contributed by atoms with E-state index in [1.807, 2.05) is 0 Å². The minimum atomic E-state index is 0.199. The maximum Gasteiger partial charge on any atom is 0.129 e. The van der Waals surface area contributed by atoms with Gasteiger partial charge in [0.15, 0.2) is 0 Å². The molecule has 1 atom stereocenters. The summed E-state index contributed by atoms with van der Waals surface area (Å²) in [7, 11) is 0. The van der Waals surface area contributed by atoms with Crippen LogP contribution < -0.4 is 0 Å². The van der Waals surface area contributed by atoms with Crippen molar-refractivity contribution in [3.8, 4) is 12.3 Å². The van der Waals surface area contributed by atoms with Gasteiger partial charge in [0, 0.05) is 18.9 Å². The average Bonchev–Trinajstić information content (AvgIpc) is 2.10. The van der Waals surface area contributed by atoms with E-state index in [-0.39, 0.29) is 18.3 Å². The molecule has 0 saturated heterocycles. The monoisotopic (exact) mass is 182 g/mol. The summed E-state index contributed by atoms with van der Waals surface area (Å²) in [5.41, 5.74) is 0. The maximum atomic E-state index is 10.6. The summed E-state index contributed by atoms with van der Waals surface area (Å²) in [6, 6.07) is 0. The second-order valence-corrected chi connectivity index (χ2v) is 3.32. The van der Waals surface area contributed by atoms with Gasteiger partial charge in [-0.15, -0.1) is 12.3 Å². The Labute approximate surface area is 80.3 Å². The minimum absolute atomic E-state index is 0.199. The molecular weight excluding hydrogens is 164 g/mol. The van der Waals surface area contributed by atoms with Crippen LogP contribution in [0.1, 0.15) is 39.0 Å². The van der Waals surface area contributed by atoms with Gasteiger partial charge in [0.25, 0.3) is 0 Å². The molecule has 2 nitrogen and oxygen atoms in total. The van der Waals surface area contributed by atoms with Crippen molar-refractivity contribution >= 4 is 5.78 Å². The number of Topliss-reactive ketones (excluding diaryl/α,β-unsaturated/α-hetero) is 1. The SMILES string of the molecule is C#CC(CCCO)CCCC(C)=O. The third-order valence-corrected chi connectivity index (χ3v) is 2.03. The van der Waals surface area contributed by atoms with Crippen molar-refractivity contribution in [1.29, 1.82) is 0 Å². The highest BCUT2D eigenvalue weighted by Gasteiger charge is 2.04. The van der Waals surface area contributed by atoms with Crippen LogP contribution >= 0.6 is 0 Å². The highest BCUT2D eigenvalue weighted by molar-refractivity contribution is 5.75. The van der Waals surface area contributed by atoms with Gasteiger partial charge in [-0.3, -0.25) is 0 Å². The second-order valence-electron chi connectivity index (χ2n) is 3.32. The molecule has 0 aliphatic carbocycles. The highest BCUT2D eigenvalue weighted by Crippen LogP contribution is 2.13. The molecule has 1 N–H and O–H groups in total. The molecule has 0 aromatic carbocycles. The summed E-state index contributed by atoms with van der Waals surface area (Å²) in [6.07, 6.45) is 9.33. The van der Waals surface area contributed by atoms with Crippen LogP contribution in [0.4, 0.5) is 0 Å². The van der Waals surface area contributed by atoms with Crippen molar-refractivity contribution in [1.82, 2.24) is 0 Å². The van der Waals surface area contributed by atoms with Crippen molar-refractivity contribution in [2.24, 2.45) is 5.92 Å². The summed E-state index contributed by atoms with van der Waals surface area (Å²) < 4.78 is 0. The number of hydrogen-bond acceptors (Lipinski definition) is 2. The Kier molecular flexibility index (Phi) is 7.33. The van der Waals surface area contributed by atoms with Crippen LogP contribution in [0, 0.1) is 18.3 Å². The second kappa shape index (κ2) is 7.82. The first-order chi connectivity index (χ1) is 6.20. The van der Waals surface area contributed by atoms with Gasteiger partial charge < -0.3 is 9.90 Å². The van der Waals surface area contributed by atoms with E-state index in [1.54, 1.807) is 6.92 Å². The first-order valence-corrected chi connectivity index (χ1v) is 4.77. The fourth-order valence-electron chi connectivity index (χ4n) is 1.25. The molecule has 0 aliphatic heterocycles. The van der Waals surface area contributed by atoms with Crippen molar-refractivity contribution in [3.63, 3.8) is 0 Å². The van der Waals surface area contributed by atoms with Crippen LogP contribution in [0.2, 0.25) is 0 Å². The number of terminal acetylenes is 1. The summed E-state index contributed by atoms with van der Waals surface area (Å²) in [5, 5.41) is 8.60. The Bertz CT molecular complexity index is 179. The van der Waals surface area contributed by atoms with E-state index in [2.05, 4.69) is 5.92 Å². The molecule has 0 radical (unpaired) electrons. The van der Waals surface area contributed by atoms with Crippen molar-refractivity contribution < 1.29 is 9.90 Å². The largest absolute Gasteiger partial charge is 0.396 e. The number of rotatable bonds is 7. The van der Waals surface area contributed by atoms with E-state index >= 15 is 0 Å². The predicted octanol–water partition coefficient (Wildman–Crippen LogP) is 1.77. The first kappa shape index (κ1) is 12.2. The normalized spacial score (nSPS) is 12.1. The van der Waals surface area contributed by atoms with Gasteiger partial charge in [-0.2, -0.15) is 0 Å². The molecule has 0 amide bonds. The first-order valence-electron chi connectivity index (χ1n) is 4.77. The molecule has 0 fully saturated rings. The minimum Gasteiger partial charge on any atom is -0.396 e. The fourth-order valence-corrected chi connectivity index (χ4v) is 1.25. The Morgan fingerprint density at radius 1 is 1.46 bits per heavy atom. The van der Waals surface area contributed by atoms with Crippen LogP contribution in [0.5, 0.6) is 0 Å². The molecule has 13 heavy (non-hydrogen) atoms. The molecule has 0 saturated carbocycles. The zero-order valence-electron chi connectivity index (χ0n) is 8.25. The van der Waals surface area contributed by atoms with E-state index in [1.165, 1.54) is 0 Å². The number of aliphatic hydroxyl groups is 1. The van der Waals surface area contributed by atoms with Gasteiger partial charge in [-0.25, -0.2) is 0 Å². The van der Waals surface area contributed by atoms with E-state index < -0.39 is 0 Å². The van der Waals surface area contributed by atoms with Gasteiger partial charge >= 0.3 is 0 Å². The molecule has 74 valence electrons. The summed E-state index contributed by atoms with van der Waals surface area (Å²) in [5.74, 6) is 3.14. The molecule has 1 unspecified atom stereocenters. The topological polar surface area (TPSA) is 37.3 Å². The lowest BCUT2D eigenvalue weighted by atomic mass is 9.97. The Hall–Kier alpha value is -0.810. The molecule has 2 heteroatoms. The number of ketones is 1. The quantitative estimate of drug-likeness (QED) is 0.609. The lowest BCUT2D eigenvalue weighted by Gasteiger charge is -2.08. The molecule has 0 rings (SSSR count). The molecule has 0 aromatic heterocycles. The average molecular weight is 182 g/mol. The van der Waals surface area contributed by atoms with Gasteiger partial charge in [-0.05, 0) is 32.6 Å². The van der Waals surface area contributed by atoms with Crippen LogP contribution in [-0.4, -0.2) is 17.5 Å². The third-order valence-electron chi connectivity index (χ3n) is 2.03. The molecule has 0 spiro atoms. The van der Waals surface area contributed by atoms with Crippen LogP contribution in [-0.2, 0) is 4.79 Å². The van der Waals surface area contributed by atoms with E-state index in [0.717, 1.165) is 25.7 Å². The van der Waals surface area contributed by atoms with Gasteiger partial charge in [-0.1, -0.05) is 0 Å². The molecule has 0 bridgehead atoms. The molecular formula is C11H18O2. The van der Waals surface area contributed by atoms with E-state index in [9.17, 15) is 4.79 Å². The number of carbonyl (C=O) groups is 1. The maximum absolute atomic E-state index is 10.6. The lowest BCUT2D eigenvalue weighted by Crippen LogP contribution is -2.00. The van der Waals surface area contributed by atoms with Crippen LogP contribution in [0.15, 0.2) is 0 Å². The molecule has 0 aliphatic rings. The fraction of sp³-hybridized carbons (Fsp3) is 0.727. The van der Waals surface area contributed by atoms with Crippen molar-refractivity contribution in [2.75, 3.05) is 6.61 Å².